The van der Waals surface area contributed by atoms with Gasteiger partial charge in [-0.15, -0.1) is 0 Å². The van der Waals surface area contributed by atoms with Gasteiger partial charge < -0.3 is 0 Å². The highest BCUT2D eigenvalue weighted by Crippen LogP contribution is 2.36. The molecule has 0 bridgehead atoms. The molecule has 2 aromatic heterocycles. The molecule has 0 aliphatic carbocycles. The molecule has 0 N–H and O–H groups in total. The van der Waals surface area contributed by atoms with E-state index in [1.165, 1.54) is 11.3 Å². The molecule has 0 saturated heterocycles. The first-order chi connectivity index (χ1) is 16.1. The first-order valence-corrected chi connectivity index (χ1v) is 11.7. The summed E-state index contributed by atoms with van der Waals surface area (Å²) in [5.41, 5.74) is 5.39. The third kappa shape index (κ3) is 4.38. The molecule has 6 heteroatoms. The number of aromatic nitrogens is 2. The fourth-order valence-corrected chi connectivity index (χ4v) is 4.99. The van der Waals surface area contributed by atoms with Gasteiger partial charge in [0.1, 0.15) is 0 Å². The van der Waals surface area contributed by atoms with E-state index in [-0.39, 0.29) is 5.91 Å². The van der Waals surface area contributed by atoms with Crippen molar-refractivity contribution in [3.8, 4) is 11.1 Å². The number of hydrogen-bond donors (Lipinski definition) is 0. The van der Waals surface area contributed by atoms with E-state index in [0.717, 1.165) is 32.6 Å². The molecule has 3 aromatic carbocycles. The quantitative estimate of drug-likeness (QED) is 0.274. The summed E-state index contributed by atoms with van der Waals surface area (Å²) < 4.78 is 0.880. The summed E-state index contributed by atoms with van der Waals surface area (Å²) in [5.74, 6) is -0.131. The highest BCUT2D eigenvalue weighted by atomic mass is 35.5. The molecule has 0 saturated carbocycles. The van der Waals surface area contributed by atoms with Crippen molar-refractivity contribution in [2.45, 2.75) is 13.5 Å². The van der Waals surface area contributed by atoms with Crippen molar-refractivity contribution >= 4 is 44.2 Å². The topological polar surface area (TPSA) is 46.1 Å². The number of hydrogen-bond acceptors (Lipinski definition) is 4. The highest BCUT2D eigenvalue weighted by Gasteiger charge is 2.23. The second-order valence-electron chi connectivity index (χ2n) is 7.69. The number of rotatable bonds is 5. The lowest BCUT2D eigenvalue weighted by Gasteiger charge is -2.20. The fraction of sp³-hybridized carbons (Fsp3) is 0.0741. The van der Waals surface area contributed by atoms with Crippen LogP contribution in [0, 0.1) is 6.92 Å². The number of carbonyl (C=O) groups excluding carboxylic acids is 1. The molecule has 1 amide bonds. The molecule has 0 fully saturated rings. The average molecular weight is 470 g/mol. The van der Waals surface area contributed by atoms with Crippen LogP contribution in [0.25, 0.3) is 21.3 Å². The number of carbonyl (C=O) groups is 1. The van der Waals surface area contributed by atoms with E-state index in [2.05, 4.69) is 17.1 Å². The number of anilines is 1. The molecule has 5 rings (SSSR count). The maximum Gasteiger partial charge on any atom is 0.260 e. The Morgan fingerprint density at radius 1 is 0.909 bits per heavy atom. The van der Waals surface area contributed by atoms with Gasteiger partial charge in [-0.1, -0.05) is 77.5 Å². The minimum atomic E-state index is -0.131. The molecule has 0 spiro atoms. The fourth-order valence-electron chi connectivity index (χ4n) is 3.68. The Morgan fingerprint density at radius 3 is 2.33 bits per heavy atom. The zero-order valence-electron chi connectivity index (χ0n) is 17.9. The molecule has 2 heterocycles. The molecule has 0 aliphatic rings. The first kappa shape index (κ1) is 21.3. The van der Waals surface area contributed by atoms with E-state index in [1.54, 1.807) is 11.1 Å². The SMILES string of the molecule is Cc1ccc(Cl)c2sc(N(Cc3ccccn3)C(=O)c3ccc(-c4ccccc4)cc3)nc12. The van der Waals surface area contributed by atoms with Crippen molar-refractivity contribution < 1.29 is 4.79 Å². The molecule has 0 aliphatic heterocycles. The van der Waals surface area contributed by atoms with Gasteiger partial charge in [-0.3, -0.25) is 14.7 Å². The number of nitrogens with zero attached hydrogens (tertiary/aromatic N) is 3. The minimum absolute atomic E-state index is 0.131. The summed E-state index contributed by atoms with van der Waals surface area (Å²) in [5, 5.41) is 1.24. The Kier molecular flexibility index (Phi) is 5.90. The molecule has 5 aromatic rings. The van der Waals surface area contributed by atoms with Crippen LogP contribution < -0.4 is 4.90 Å². The van der Waals surface area contributed by atoms with Gasteiger partial charge >= 0.3 is 0 Å². The molecule has 4 nitrogen and oxygen atoms in total. The monoisotopic (exact) mass is 469 g/mol. The number of halogens is 1. The summed E-state index contributed by atoms with van der Waals surface area (Å²) in [6.07, 6.45) is 1.73. The Bertz CT molecular complexity index is 1380. The summed E-state index contributed by atoms with van der Waals surface area (Å²) in [6.45, 7) is 2.31. The van der Waals surface area contributed by atoms with E-state index < -0.39 is 0 Å². The second-order valence-corrected chi connectivity index (χ2v) is 9.08. The van der Waals surface area contributed by atoms with Crippen LogP contribution in [0.3, 0.4) is 0 Å². The van der Waals surface area contributed by atoms with E-state index >= 15 is 0 Å². The van der Waals surface area contributed by atoms with Crippen LogP contribution in [0.2, 0.25) is 5.02 Å². The molecule has 0 unspecified atom stereocenters. The second kappa shape index (κ2) is 9.14. The van der Waals surface area contributed by atoms with Crippen molar-refractivity contribution in [2.75, 3.05) is 4.90 Å². The summed E-state index contributed by atoms with van der Waals surface area (Å²) in [7, 11) is 0. The number of fused-ring (bicyclic) bond motifs is 1. The van der Waals surface area contributed by atoms with Crippen LogP contribution in [-0.4, -0.2) is 15.9 Å². The highest BCUT2D eigenvalue weighted by molar-refractivity contribution is 7.23. The molecule has 162 valence electrons. The lowest BCUT2D eigenvalue weighted by atomic mass is 10.0. The minimum Gasteiger partial charge on any atom is -0.278 e. The predicted molar refractivity (Wildman–Crippen MR) is 136 cm³/mol. The summed E-state index contributed by atoms with van der Waals surface area (Å²) in [4.78, 5) is 24.6. The molecular weight excluding hydrogens is 450 g/mol. The zero-order valence-corrected chi connectivity index (χ0v) is 19.5. The van der Waals surface area contributed by atoms with Crippen molar-refractivity contribution in [1.82, 2.24) is 9.97 Å². The van der Waals surface area contributed by atoms with Crippen molar-refractivity contribution in [3.05, 3.63) is 113 Å². The molecule has 33 heavy (non-hydrogen) atoms. The number of thiazole rings is 1. The largest absolute Gasteiger partial charge is 0.278 e. The van der Waals surface area contributed by atoms with Gasteiger partial charge in [0, 0.05) is 11.8 Å². The standard InChI is InChI=1S/C27H20ClN3OS/c1-18-10-15-23(28)25-24(18)30-27(33-25)31(17-22-9-5-6-16-29-22)26(32)21-13-11-20(12-14-21)19-7-3-2-4-8-19/h2-16H,17H2,1H3. The van der Waals surface area contributed by atoms with Gasteiger partial charge in [-0.05, 0) is 53.9 Å². The van der Waals surface area contributed by atoms with Crippen LogP contribution >= 0.6 is 22.9 Å². The Balaban J connectivity index is 1.54. The molecular formula is C27H20ClN3OS. The third-order valence-electron chi connectivity index (χ3n) is 5.45. The Hall–Kier alpha value is -3.54. The maximum absolute atomic E-state index is 13.7. The van der Waals surface area contributed by atoms with Crippen LogP contribution in [0.15, 0.2) is 91.1 Å². The van der Waals surface area contributed by atoms with Gasteiger partial charge in [0.25, 0.3) is 5.91 Å². The van der Waals surface area contributed by atoms with E-state index in [0.29, 0.717) is 22.3 Å². The van der Waals surface area contributed by atoms with Crippen LogP contribution in [0.4, 0.5) is 5.13 Å². The van der Waals surface area contributed by atoms with E-state index in [1.807, 2.05) is 79.7 Å². The Morgan fingerprint density at radius 2 is 1.64 bits per heavy atom. The molecule has 0 atom stereocenters. The van der Waals surface area contributed by atoms with Gasteiger partial charge in [-0.2, -0.15) is 0 Å². The summed E-state index contributed by atoms with van der Waals surface area (Å²) in [6, 6.07) is 27.3. The zero-order chi connectivity index (χ0) is 22.8. The lowest BCUT2D eigenvalue weighted by Crippen LogP contribution is -2.30. The smallest absolute Gasteiger partial charge is 0.260 e. The van der Waals surface area contributed by atoms with Gasteiger partial charge in [0.05, 0.1) is 27.5 Å². The number of pyridine rings is 1. The lowest BCUT2D eigenvalue weighted by molar-refractivity contribution is 0.0985. The normalized spacial score (nSPS) is 11.0. The number of aryl methyl sites for hydroxylation is 1. The summed E-state index contributed by atoms with van der Waals surface area (Å²) >= 11 is 7.86. The third-order valence-corrected chi connectivity index (χ3v) is 6.99. The number of benzene rings is 3. The van der Waals surface area contributed by atoms with Gasteiger partial charge in [0.2, 0.25) is 0 Å². The molecule has 0 radical (unpaired) electrons. The van der Waals surface area contributed by atoms with Gasteiger partial charge in [0.15, 0.2) is 5.13 Å². The predicted octanol–water partition coefficient (Wildman–Crippen LogP) is 7.17. The Labute approximate surface area is 201 Å². The van der Waals surface area contributed by atoms with Crippen LogP contribution in [0.1, 0.15) is 21.6 Å². The van der Waals surface area contributed by atoms with E-state index in [9.17, 15) is 4.79 Å². The first-order valence-electron chi connectivity index (χ1n) is 10.5. The van der Waals surface area contributed by atoms with E-state index in [4.69, 9.17) is 16.6 Å². The van der Waals surface area contributed by atoms with Crippen molar-refractivity contribution in [3.63, 3.8) is 0 Å². The van der Waals surface area contributed by atoms with Crippen LogP contribution in [0.5, 0.6) is 0 Å². The van der Waals surface area contributed by atoms with Crippen LogP contribution in [-0.2, 0) is 6.54 Å². The maximum atomic E-state index is 13.7. The number of amides is 1. The van der Waals surface area contributed by atoms with Crippen molar-refractivity contribution in [1.29, 1.82) is 0 Å². The van der Waals surface area contributed by atoms with Crippen molar-refractivity contribution in [2.24, 2.45) is 0 Å². The van der Waals surface area contributed by atoms with Gasteiger partial charge in [-0.25, -0.2) is 4.98 Å². The average Bonchev–Trinajstić information content (AvgIpc) is 3.32.